The number of nitrogens with zero attached hydrogens (tertiary/aromatic N) is 3. The Balaban J connectivity index is 2.17. The minimum atomic E-state index is -0.513. The molecule has 1 saturated heterocycles. The van der Waals surface area contributed by atoms with Crippen molar-refractivity contribution >= 4 is 11.7 Å². The van der Waals surface area contributed by atoms with Crippen molar-refractivity contribution in [3.63, 3.8) is 0 Å². The summed E-state index contributed by atoms with van der Waals surface area (Å²) in [7, 11) is 1.51. The van der Waals surface area contributed by atoms with Crippen molar-refractivity contribution in [1.82, 2.24) is 9.47 Å². The van der Waals surface area contributed by atoms with Gasteiger partial charge in [-0.2, -0.15) is 0 Å². The number of morpholine rings is 1. The van der Waals surface area contributed by atoms with Crippen molar-refractivity contribution in [2.45, 2.75) is 19.1 Å². The monoisotopic (exact) mass is 282 g/mol. The van der Waals surface area contributed by atoms with E-state index in [9.17, 15) is 14.9 Å². The molecular formula is C12H18N4O4. The Morgan fingerprint density at radius 3 is 2.85 bits per heavy atom. The van der Waals surface area contributed by atoms with Crippen molar-refractivity contribution in [3.05, 3.63) is 27.9 Å². The Morgan fingerprint density at radius 1 is 1.60 bits per heavy atom. The zero-order chi connectivity index (χ0) is 14.9. The third-order valence-corrected chi connectivity index (χ3v) is 3.47. The lowest BCUT2D eigenvalue weighted by atomic mass is 10.1. The molecule has 1 aromatic heterocycles. The lowest BCUT2D eigenvalue weighted by molar-refractivity contribution is -0.391. The molecule has 2 unspecified atom stereocenters. The first kappa shape index (κ1) is 14.5. The molecule has 0 bridgehead atoms. The number of nitrogens with two attached hydrogens (primary N) is 1. The first-order chi connectivity index (χ1) is 9.41. The van der Waals surface area contributed by atoms with Crippen LogP contribution in [0.1, 0.15) is 17.4 Å². The van der Waals surface area contributed by atoms with Crippen LogP contribution in [0.5, 0.6) is 0 Å². The maximum absolute atomic E-state index is 12.4. The molecule has 2 heterocycles. The van der Waals surface area contributed by atoms with E-state index in [1.165, 1.54) is 23.7 Å². The second-order valence-electron chi connectivity index (χ2n) is 4.91. The summed E-state index contributed by atoms with van der Waals surface area (Å²) in [5, 5.41) is 10.8. The molecule has 1 fully saturated rings. The number of hydrogen-bond acceptors (Lipinski definition) is 5. The molecule has 2 rings (SSSR count). The van der Waals surface area contributed by atoms with E-state index in [1.54, 1.807) is 4.90 Å². The summed E-state index contributed by atoms with van der Waals surface area (Å²) in [6.07, 6.45) is -0.206. The molecule has 1 amide bonds. The van der Waals surface area contributed by atoms with Gasteiger partial charge in [-0.1, -0.05) is 0 Å². The van der Waals surface area contributed by atoms with Gasteiger partial charge in [-0.15, -0.1) is 0 Å². The summed E-state index contributed by atoms with van der Waals surface area (Å²) in [5.41, 5.74) is 6.08. The molecule has 0 aliphatic carbocycles. The Bertz CT molecular complexity index is 526. The highest BCUT2D eigenvalue weighted by Gasteiger charge is 2.30. The van der Waals surface area contributed by atoms with Gasteiger partial charge >= 0.3 is 5.82 Å². The second-order valence-corrected chi connectivity index (χ2v) is 4.91. The normalized spacial score (nSPS) is 20.8. The number of ether oxygens (including phenoxy) is 1. The SMILES string of the molecule is CC(N)C1CN(C(=O)c2ccc([N+](=O)[O-])n2C)CCO1. The van der Waals surface area contributed by atoms with Crippen molar-refractivity contribution in [1.29, 1.82) is 0 Å². The summed E-state index contributed by atoms with van der Waals surface area (Å²) in [4.78, 5) is 24.3. The van der Waals surface area contributed by atoms with Crippen LogP contribution in [0.15, 0.2) is 12.1 Å². The van der Waals surface area contributed by atoms with Gasteiger partial charge in [0.15, 0.2) is 5.69 Å². The molecule has 0 aromatic carbocycles. The first-order valence-electron chi connectivity index (χ1n) is 6.38. The summed E-state index contributed by atoms with van der Waals surface area (Å²) in [5.74, 6) is -0.347. The second kappa shape index (κ2) is 5.59. The van der Waals surface area contributed by atoms with Crippen molar-refractivity contribution < 1.29 is 14.5 Å². The predicted octanol–water partition coefficient (Wildman–Crippen LogP) is 0.121. The van der Waals surface area contributed by atoms with Crippen molar-refractivity contribution in [3.8, 4) is 0 Å². The van der Waals surface area contributed by atoms with Crippen LogP contribution in [0.25, 0.3) is 0 Å². The predicted molar refractivity (Wildman–Crippen MR) is 71.4 cm³/mol. The zero-order valence-corrected chi connectivity index (χ0v) is 11.5. The molecule has 8 heteroatoms. The minimum Gasteiger partial charge on any atom is -0.373 e. The molecule has 8 nitrogen and oxygen atoms in total. The molecule has 0 spiro atoms. The van der Waals surface area contributed by atoms with Gasteiger partial charge in [0.25, 0.3) is 5.91 Å². The van der Waals surface area contributed by atoms with E-state index in [0.717, 1.165) is 0 Å². The fourth-order valence-corrected chi connectivity index (χ4v) is 2.24. The van der Waals surface area contributed by atoms with E-state index >= 15 is 0 Å². The highest BCUT2D eigenvalue weighted by atomic mass is 16.6. The highest BCUT2D eigenvalue weighted by Crippen LogP contribution is 2.18. The fraction of sp³-hybridized carbons (Fsp3) is 0.583. The van der Waals surface area contributed by atoms with Crippen LogP contribution >= 0.6 is 0 Å². The van der Waals surface area contributed by atoms with Gasteiger partial charge in [0.2, 0.25) is 0 Å². The zero-order valence-electron chi connectivity index (χ0n) is 11.5. The van der Waals surface area contributed by atoms with Crippen LogP contribution in [0.3, 0.4) is 0 Å². The molecule has 1 aliphatic heterocycles. The van der Waals surface area contributed by atoms with Gasteiger partial charge < -0.3 is 25.5 Å². The van der Waals surface area contributed by atoms with Crippen LogP contribution in [0.2, 0.25) is 0 Å². The van der Waals surface area contributed by atoms with Crippen LogP contribution in [-0.2, 0) is 11.8 Å². The van der Waals surface area contributed by atoms with Crippen molar-refractivity contribution in [2.75, 3.05) is 19.7 Å². The average molecular weight is 282 g/mol. The summed E-state index contributed by atoms with van der Waals surface area (Å²) in [6, 6.07) is 2.63. The quantitative estimate of drug-likeness (QED) is 0.626. The van der Waals surface area contributed by atoms with E-state index in [4.69, 9.17) is 10.5 Å². The number of carbonyl (C=O) groups is 1. The smallest absolute Gasteiger partial charge is 0.323 e. The molecule has 0 saturated carbocycles. The van der Waals surface area contributed by atoms with Crippen LogP contribution in [0, 0.1) is 10.1 Å². The van der Waals surface area contributed by atoms with Crippen LogP contribution < -0.4 is 5.73 Å². The van der Waals surface area contributed by atoms with Gasteiger partial charge in [0.1, 0.15) is 0 Å². The van der Waals surface area contributed by atoms with E-state index < -0.39 is 4.92 Å². The van der Waals surface area contributed by atoms with E-state index in [-0.39, 0.29) is 23.9 Å². The Kier molecular flexibility index (Phi) is 4.05. The van der Waals surface area contributed by atoms with Gasteiger partial charge in [-0.05, 0) is 17.9 Å². The topological polar surface area (TPSA) is 104 Å². The molecular weight excluding hydrogens is 264 g/mol. The molecule has 0 radical (unpaired) electrons. The molecule has 110 valence electrons. The Hall–Kier alpha value is -1.93. The van der Waals surface area contributed by atoms with E-state index in [2.05, 4.69) is 0 Å². The average Bonchev–Trinajstić information content (AvgIpc) is 2.80. The standard InChI is InChI=1S/C12H18N4O4/c1-8(13)10-7-15(5-6-20-10)12(17)9-3-4-11(14(9)2)16(18)19/h3-4,8,10H,5-7,13H2,1-2H3. The third-order valence-electron chi connectivity index (χ3n) is 3.47. The summed E-state index contributed by atoms with van der Waals surface area (Å²) < 4.78 is 6.79. The number of aromatic nitrogens is 1. The number of carbonyl (C=O) groups excluding carboxylic acids is 1. The maximum Gasteiger partial charge on any atom is 0.323 e. The third kappa shape index (κ3) is 2.66. The van der Waals surface area contributed by atoms with Crippen LogP contribution in [-0.4, -0.2) is 52.1 Å². The maximum atomic E-state index is 12.4. The van der Waals surface area contributed by atoms with Crippen LogP contribution in [0.4, 0.5) is 5.82 Å². The Morgan fingerprint density at radius 2 is 2.30 bits per heavy atom. The fourth-order valence-electron chi connectivity index (χ4n) is 2.24. The first-order valence-corrected chi connectivity index (χ1v) is 6.38. The van der Waals surface area contributed by atoms with Gasteiger partial charge in [0.05, 0.1) is 19.8 Å². The highest BCUT2D eigenvalue weighted by molar-refractivity contribution is 5.93. The largest absolute Gasteiger partial charge is 0.373 e. The minimum absolute atomic E-state index is 0.106. The molecule has 2 N–H and O–H groups in total. The number of rotatable bonds is 3. The number of hydrogen-bond donors (Lipinski definition) is 1. The van der Waals surface area contributed by atoms with Crippen molar-refractivity contribution in [2.24, 2.45) is 12.8 Å². The molecule has 1 aliphatic rings. The van der Waals surface area contributed by atoms with Gasteiger partial charge in [-0.25, -0.2) is 4.57 Å². The lowest BCUT2D eigenvalue weighted by Crippen LogP contribution is -2.51. The van der Waals surface area contributed by atoms with Gasteiger partial charge in [0, 0.05) is 25.2 Å². The molecule has 20 heavy (non-hydrogen) atoms. The van der Waals surface area contributed by atoms with Gasteiger partial charge in [-0.3, -0.25) is 4.79 Å². The van der Waals surface area contributed by atoms with E-state index in [1.807, 2.05) is 6.92 Å². The Labute approximate surface area is 116 Å². The number of nitro groups is 1. The summed E-state index contributed by atoms with van der Waals surface area (Å²) in [6.45, 7) is 3.10. The lowest BCUT2D eigenvalue weighted by Gasteiger charge is -2.34. The summed E-state index contributed by atoms with van der Waals surface area (Å²) >= 11 is 0. The number of amides is 1. The molecule has 2 atom stereocenters. The molecule has 1 aromatic rings. The van der Waals surface area contributed by atoms with E-state index in [0.29, 0.717) is 25.4 Å².